The van der Waals surface area contributed by atoms with Crippen molar-refractivity contribution in [1.82, 2.24) is 9.97 Å². The molecule has 0 unspecified atom stereocenters. The molecule has 2 rings (SSSR count). The van der Waals surface area contributed by atoms with Crippen LogP contribution in [0.2, 0.25) is 0 Å². The fourth-order valence-electron chi connectivity index (χ4n) is 1.35. The largest absolute Gasteiger partial charge is 0.262 e. The smallest absolute Gasteiger partial charge is 0.151 e. The maximum absolute atomic E-state index is 13.4. The molecule has 15 heavy (non-hydrogen) atoms. The molecule has 2 heterocycles. The lowest BCUT2D eigenvalue weighted by Crippen LogP contribution is -1.86. The number of pyridine rings is 1. The Morgan fingerprint density at radius 2 is 2.33 bits per heavy atom. The molecule has 0 saturated heterocycles. The van der Waals surface area contributed by atoms with E-state index < -0.39 is 0 Å². The van der Waals surface area contributed by atoms with E-state index in [1.807, 2.05) is 5.38 Å². The number of aryl methyl sites for hydroxylation is 1. The van der Waals surface area contributed by atoms with E-state index in [0.717, 1.165) is 23.5 Å². The summed E-state index contributed by atoms with van der Waals surface area (Å²) in [5, 5.41) is 2.72. The van der Waals surface area contributed by atoms with Gasteiger partial charge in [0, 0.05) is 17.1 Å². The van der Waals surface area contributed by atoms with Gasteiger partial charge in [0.05, 0.1) is 11.9 Å². The van der Waals surface area contributed by atoms with Gasteiger partial charge in [-0.1, -0.05) is 13.3 Å². The molecule has 2 aromatic rings. The molecule has 0 aromatic carbocycles. The fraction of sp³-hybridized carbons (Fsp3) is 0.273. The molecule has 0 N–H and O–H groups in total. The maximum Gasteiger partial charge on any atom is 0.151 e. The average Bonchev–Trinajstić information content (AvgIpc) is 2.68. The molecule has 0 aliphatic heterocycles. The van der Waals surface area contributed by atoms with Crippen molar-refractivity contribution >= 4 is 11.3 Å². The van der Waals surface area contributed by atoms with Gasteiger partial charge in [0.1, 0.15) is 5.01 Å². The molecule has 0 aliphatic rings. The van der Waals surface area contributed by atoms with E-state index in [0.29, 0.717) is 5.56 Å². The average molecular weight is 222 g/mol. The third kappa shape index (κ3) is 2.21. The molecule has 0 aliphatic carbocycles. The number of hydrogen-bond donors (Lipinski definition) is 0. The molecular formula is C11H11FN2S. The van der Waals surface area contributed by atoms with Crippen LogP contribution in [-0.4, -0.2) is 9.97 Å². The Hall–Kier alpha value is -1.29. The molecule has 0 atom stereocenters. The summed E-state index contributed by atoms with van der Waals surface area (Å²) >= 11 is 1.48. The lowest BCUT2D eigenvalue weighted by molar-refractivity contribution is 0.625. The number of thiazole rings is 1. The number of hydrogen-bond acceptors (Lipinski definition) is 3. The molecule has 2 aromatic heterocycles. The van der Waals surface area contributed by atoms with Gasteiger partial charge in [0.2, 0.25) is 0 Å². The molecule has 0 bridgehead atoms. The van der Waals surface area contributed by atoms with Crippen molar-refractivity contribution in [3.8, 4) is 10.6 Å². The first kappa shape index (κ1) is 10.2. The lowest BCUT2D eigenvalue weighted by atomic mass is 10.2. The van der Waals surface area contributed by atoms with Gasteiger partial charge in [0.15, 0.2) is 5.82 Å². The van der Waals surface area contributed by atoms with Crippen LogP contribution in [-0.2, 0) is 6.42 Å². The summed E-state index contributed by atoms with van der Waals surface area (Å²) in [4.78, 5) is 8.10. The van der Waals surface area contributed by atoms with Gasteiger partial charge in [-0.05, 0) is 12.5 Å². The number of rotatable bonds is 3. The summed E-state index contributed by atoms with van der Waals surface area (Å²) in [7, 11) is 0. The summed E-state index contributed by atoms with van der Waals surface area (Å²) in [5.74, 6) is -0.310. The van der Waals surface area contributed by atoms with Gasteiger partial charge in [-0.25, -0.2) is 9.37 Å². The summed E-state index contributed by atoms with van der Waals surface area (Å²) in [6.07, 6.45) is 4.81. The first-order chi connectivity index (χ1) is 7.31. The first-order valence-electron chi connectivity index (χ1n) is 4.85. The van der Waals surface area contributed by atoms with E-state index >= 15 is 0 Å². The minimum Gasteiger partial charge on any atom is -0.262 e. The second-order valence-corrected chi connectivity index (χ2v) is 4.11. The first-order valence-corrected chi connectivity index (χ1v) is 5.73. The molecule has 0 radical (unpaired) electrons. The highest BCUT2D eigenvalue weighted by molar-refractivity contribution is 7.13. The number of nitrogens with zero attached hydrogens (tertiary/aromatic N) is 2. The van der Waals surface area contributed by atoms with E-state index in [9.17, 15) is 4.39 Å². The van der Waals surface area contributed by atoms with E-state index in [4.69, 9.17) is 0 Å². The second-order valence-electron chi connectivity index (χ2n) is 3.25. The highest BCUT2D eigenvalue weighted by Crippen LogP contribution is 2.25. The normalized spacial score (nSPS) is 10.5. The van der Waals surface area contributed by atoms with Crippen LogP contribution in [0.3, 0.4) is 0 Å². The van der Waals surface area contributed by atoms with Crippen molar-refractivity contribution < 1.29 is 4.39 Å². The lowest BCUT2D eigenvalue weighted by Gasteiger charge is -1.96. The predicted molar refractivity (Wildman–Crippen MR) is 59.3 cm³/mol. The zero-order chi connectivity index (χ0) is 10.7. The van der Waals surface area contributed by atoms with Crippen LogP contribution < -0.4 is 0 Å². The monoisotopic (exact) mass is 222 g/mol. The van der Waals surface area contributed by atoms with Crippen LogP contribution in [0.5, 0.6) is 0 Å². The Kier molecular flexibility index (Phi) is 3.06. The zero-order valence-electron chi connectivity index (χ0n) is 8.40. The molecular weight excluding hydrogens is 211 g/mol. The third-order valence-corrected chi connectivity index (χ3v) is 2.99. The zero-order valence-corrected chi connectivity index (χ0v) is 9.22. The second kappa shape index (κ2) is 4.49. The Morgan fingerprint density at radius 3 is 3.07 bits per heavy atom. The maximum atomic E-state index is 13.4. The summed E-state index contributed by atoms with van der Waals surface area (Å²) in [5.41, 5.74) is 1.58. The molecule has 0 amide bonds. The van der Waals surface area contributed by atoms with E-state index in [1.165, 1.54) is 17.5 Å². The predicted octanol–water partition coefficient (Wildman–Crippen LogP) is 3.30. The van der Waals surface area contributed by atoms with Gasteiger partial charge >= 0.3 is 0 Å². The summed E-state index contributed by atoms with van der Waals surface area (Å²) in [6.45, 7) is 2.10. The standard InChI is InChI=1S/C11H11FN2S/c1-2-3-8-7-15-11(14-8)9-4-5-13-6-10(9)12/h4-7H,2-3H2,1H3. The molecule has 0 saturated carbocycles. The van der Waals surface area contributed by atoms with E-state index in [2.05, 4.69) is 16.9 Å². The van der Waals surface area contributed by atoms with Crippen molar-refractivity contribution in [3.63, 3.8) is 0 Å². The van der Waals surface area contributed by atoms with Crippen molar-refractivity contribution in [1.29, 1.82) is 0 Å². The minimum absolute atomic E-state index is 0.310. The van der Waals surface area contributed by atoms with Gasteiger partial charge in [-0.15, -0.1) is 11.3 Å². The van der Waals surface area contributed by atoms with Gasteiger partial charge in [-0.3, -0.25) is 4.98 Å². The molecule has 4 heteroatoms. The van der Waals surface area contributed by atoms with Crippen LogP contribution in [0.25, 0.3) is 10.6 Å². The van der Waals surface area contributed by atoms with Gasteiger partial charge < -0.3 is 0 Å². The molecule has 0 spiro atoms. The van der Waals surface area contributed by atoms with Crippen LogP contribution >= 0.6 is 11.3 Å². The van der Waals surface area contributed by atoms with Gasteiger partial charge in [0.25, 0.3) is 0 Å². The Labute approximate surface area is 91.8 Å². The SMILES string of the molecule is CCCc1csc(-c2ccncc2F)n1. The van der Waals surface area contributed by atoms with Crippen LogP contribution in [0.4, 0.5) is 4.39 Å². The van der Waals surface area contributed by atoms with Crippen LogP contribution in [0, 0.1) is 5.82 Å². The fourth-order valence-corrected chi connectivity index (χ4v) is 2.23. The Morgan fingerprint density at radius 1 is 1.47 bits per heavy atom. The minimum atomic E-state index is -0.310. The van der Waals surface area contributed by atoms with Crippen molar-refractivity contribution in [2.45, 2.75) is 19.8 Å². The van der Waals surface area contributed by atoms with E-state index in [1.54, 1.807) is 12.3 Å². The molecule has 0 fully saturated rings. The summed E-state index contributed by atoms with van der Waals surface area (Å²) < 4.78 is 13.4. The Bertz CT molecular complexity index is 453. The topological polar surface area (TPSA) is 25.8 Å². The van der Waals surface area contributed by atoms with Crippen molar-refractivity contribution in [3.05, 3.63) is 35.4 Å². The molecule has 2 nitrogen and oxygen atoms in total. The van der Waals surface area contributed by atoms with Crippen molar-refractivity contribution in [2.75, 3.05) is 0 Å². The van der Waals surface area contributed by atoms with E-state index in [-0.39, 0.29) is 5.82 Å². The summed E-state index contributed by atoms with van der Waals surface area (Å²) in [6, 6.07) is 1.66. The highest BCUT2D eigenvalue weighted by atomic mass is 32.1. The Balaban J connectivity index is 2.33. The third-order valence-electron chi connectivity index (χ3n) is 2.06. The van der Waals surface area contributed by atoms with Crippen LogP contribution in [0.1, 0.15) is 19.0 Å². The quantitative estimate of drug-likeness (QED) is 0.796. The number of halogens is 1. The molecule has 78 valence electrons. The van der Waals surface area contributed by atoms with Crippen LogP contribution in [0.15, 0.2) is 23.8 Å². The van der Waals surface area contributed by atoms with Crippen molar-refractivity contribution in [2.24, 2.45) is 0 Å². The highest BCUT2D eigenvalue weighted by Gasteiger charge is 2.08. The van der Waals surface area contributed by atoms with Gasteiger partial charge in [-0.2, -0.15) is 0 Å². The number of aromatic nitrogens is 2.